The van der Waals surface area contributed by atoms with Gasteiger partial charge in [0.15, 0.2) is 5.15 Å². The van der Waals surface area contributed by atoms with Crippen LogP contribution in [0.2, 0.25) is 10.3 Å². The largest absolute Gasteiger partial charge is 0.453 e. The number of likely N-dealkylation sites (tertiary alicyclic amines) is 2. The van der Waals surface area contributed by atoms with Crippen LogP contribution < -0.4 is 10.6 Å². The Balaban J connectivity index is 0.975. The lowest BCUT2D eigenvalue weighted by Crippen LogP contribution is -2.47. The van der Waals surface area contributed by atoms with Gasteiger partial charge in [0.25, 0.3) is 0 Å². The van der Waals surface area contributed by atoms with Gasteiger partial charge in [0.05, 0.1) is 26.3 Å². The van der Waals surface area contributed by atoms with E-state index in [2.05, 4.69) is 46.9 Å². The smallest absolute Gasteiger partial charge is 0.407 e. The first-order valence-corrected chi connectivity index (χ1v) is 18.6. The molecule has 2 saturated carbocycles. The lowest BCUT2D eigenvalue weighted by atomic mass is 10.0. The Morgan fingerprint density at radius 1 is 0.778 bits per heavy atom. The van der Waals surface area contributed by atoms with E-state index < -0.39 is 24.3 Å². The standard InChI is InChI=1S/C38H38Cl2N8O6/c1-17(41-37(51)53-3)35(49)47-26-13-23(26)15-28(47)33-43-25(31(39)45-33)10-6-19-5-7-21-12-22(9-8-20(21)11-19)30-32(40)46-34(44-30)29-16-24-14-27(24)48(29)36(50)18(2)42-38(52)54-4/h5,7-9,11-12,17-18,23-24,26-29H,13-16H2,1-4H3,(H,41,51)(H,42,52)(H,43,45)(H,44,46)/t17-,18-,23+,24+,26+,27+,28-,29-/m0/s1. The zero-order valence-electron chi connectivity index (χ0n) is 29.9. The summed E-state index contributed by atoms with van der Waals surface area (Å²) in [4.78, 5) is 69.7. The van der Waals surface area contributed by atoms with E-state index in [4.69, 9.17) is 28.2 Å². The highest BCUT2D eigenvalue weighted by Crippen LogP contribution is 2.54. The molecule has 0 spiro atoms. The third-order valence-corrected chi connectivity index (χ3v) is 11.5. The van der Waals surface area contributed by atoms with Crippen molar-refractivity contribution in [3.8, 4) is 23.1 Å². The quantitative estimate of drug-likeness (QED) is 0.179. The number of H-pyrrole nitrogens is 2. The van der Waals surface area contributed by atoms with Crippen molar-refractivity contribution < 1.29 is 28.7 Å². The van der Waals surface area contributed by atoms with Crippen LogP contribution in [0.3, 0.4) is 0 Å². The SMILES string of the molecule is COC(=O)N[C@@H](C)C(=O)N1[C@@H]2C[C@@H]2C[C@H]1c1nc(-c2ccc3cc(C#Cc4[nH]c([C@@H]5C[C@H]6C[C@H]6N5C(=O)[C@H](C)NC(=O)OC)nc4Cl)ccc3c2)c(Cl)[nH]1. The molecule has 2 aromatic carbocycles. The molecule has 2 aliphatic heterocycles. The lowest BCUT2D eigenvalue weighted by Gasteiger charge is -2.29. The Morgan fingerprint density at radius 2 is 1.33 bits per heavy atom. The number of aromatic amines is 2. The molecule has 0 bridgehead atoms. The molecular weight excluding hydrogens is 735 g/mol. The first-order valence-electron chi connectivity index (χ1n) is 17.8. The van der Waals surface area contributed by atoms with Gasteiger partial charge < -0.3 is 39.9 Å². The van der Waals surface area contributed by atoms with Crippen molar-refractivity contribution in [1.82, 2.24) is 40.4 Å². The number of hydrogen-bond acceptors (Lipinski definition) is 8. The van der Waals surface area contributed by atoms with Crippen molar-refractivity contribution in [1.29, 1.82) is 0 Å². The number of aromatic nitrogens is 4. The molecule has 4 aromatic rings. The number of alkyl carbamates (subject to hydrolysis) is 2. The molecule has 4 N–H and O–H groups in total. The van der Waals surface area contributed by atoms with Crippen LogP contribution in [0.15, 0.2) is 36.4 Å². The second-order valence-electron chi connectivity index (χ2n) is 14.4. The summed E-state index contributed by atoms with van der Waals surface area (Å²) in [6, 6.07) is 9.97. The van der Waals surface area contributed by atoms with Crippen molar-refractivity contribution in [2.45, 2.75) is 75.8 Å². The number of methoxy groups -OCH3 is 2. The van der Waals surface area contributed by atoms with E-state index in [0.717, 1.165) is 47.6 Å². The second-order valence-corrected chi connectivity index (χ2v) is 15.2. The van der Waals surface area contributed by atoms with E-state index in [1.54, 1.807) is 18.7 Å². The summed E-state index contributed by atoms with van der Waals surface area (Å²) in [5, 5.41) is 7.66. The molecule has 0 radical (unpaired) electrons. The average Bonchev–Trinajstić information content (AvgIpc) is 3.89. The molecule has 2 saturated heterocycles. The Hall–Kier alpha value is -5.26. The Morgan fingerprint density at radius 3 is 1.93 bits per heavy atom. The summed E-state index contributed by atoms with van der Waals surface area (Å²) < 4.78 is 9.33. The van der Waals surface area contributed by atoms with Crippen molar-refractivity contribution in [2.75, 3.05) is 14.2 Å². The summed E-state index contributed by atoms with van der Waals surface area (Å²) in [5.41, 5.74) is 2.63. The maximum absolute atomic E-state index is 13.4. The summed E-state index contributed by atoms with van der Waals surface area (Å²) in [5.74, 6) is 7.86. The molecule has 14 nitrogen and oxygen atoms in total. The highest BCUT2D eigenvalue weighted by molar-refractivity contribution is 6.32. The van der Waals surface area contributed by atoms with Crippen LogP contribution in [-0.4, -0.2) is 92.1 Å². The fourth-order valence-corrected chi connectivity index (χ4v) is 8.44. The molecule has 0 unspecified atom stereocenters. The average molecular weight is 774 g/mol. The first-order chi connectivity index (χ1) is 25.9. The minimum absolute atomic E-state index is 0.109. The van der Waals surface area contributed by atoms with Gasteiger partial charge in [0.2, 0.25) is 11.8 Å². The molecule has 4 heterocycles. The van der Waals surface area contributed by atoms with Crippen LogP contribution in [0.25, 0.3) is 22.0 Å². The zero-order chi connectivity index (χ0) is 38.0. The second kappa shape index (κ2) is 13.9. The number of halogens is 2. The number of fused-ring (bicyclic) bond motifs is 3. The minimum atomic E-state index is -0.750. The van der Waals surface area contributed by atoms with Gasteiger partial charge >= 0.3 is 12.2 Å². The monoisotopic (exact) mass is 772 g/mol. The molecule has 16 heteroatoms. The number of rotatable bonds is 7. The van der Waals surface area contributed by atoms with E-state index in [0.29, 0.717) is 40.0 Å². The number of nitrogens with one attached hydrogen (secondary N) is 4. The summed E-state index contributed by atoms with van der Waals surface area (Å²) in [7, 11) is 2.52. The maximum Gasteiger partial charge on any atom is 0.407 e. The molecule has 2 aliphatic carbocycles. The van der Waals surface area contributed by atoms with E-state index in [9.17, 15) is 19.2 Å². The summed E-state index contributed by atoms with van der Waals surface area (Å²) in [6.45, 7) is 3.29. The van der Waals surface area contributed by atoms with Gasteiger partial charge in [-0.15, -0.1) is 0 Å². The predicted octanol–water partition coefficient (Wildman–Crippen LogP) is 5.47. The number of amides is 4. The number of carbonyl (C=O) groups is 4. The topological polar surface area (TPSA) is 175 Å². The zero-order valence-corrected chi connectivity index (χ0v) is 31.4. The molecule has 8 rings (SSSR count). The minimum Gasteiger partial charge on any atom is -0.453 e. The summed E-state index contributed by atoms with van der Waals surface area (Å²) in [6.07, 6.45) is 2.06. The van der Waals surface area contributed by atoms with E-state index >= 15 is 0 Å². The summed E-state index contributed by atoms with van der Waals surface area (Å²) >= 11 is 13.2. The van der Waals surface area contributed by atoms with Crippen LogP contribution in [-0.2, 0) is 19.1 Å². The predicted molar refractivity (Wildman–Crippen MR) is 198 cm³/mol. The highest BCUT2D eigenvalue weighted by Gasteiger charge is 2.57. The van der Waals surface area contributed by atoms with Crippen LogP contribution in [0.1, 0.15) is 74.5 Å². The first kappa shape index (κ1) is 35.8. The van der Waals surface area contributed by atoms with E-state index in [-0.39, 0.29) is 41.1 Å². The highest BCUT2D eigenvalue weighted by atomic mass is 35.5. The van der Waals surface area contributed by atoms with Crippen LogP contribution in [0.4, 0.5) is 9.59 Å². The van der Waals surface area contributed by atoms with Gasteiger partial charge in [0.1, 0.15) is 40.3 Å². The Bertz CT molecular complexity index is 2260. The molecule has 280 valence electrons. The Labute approximate surface area is 320 Å². The molecule has 2 aromatic heterocycles. The molecule has 54 heavy (non-hydrogen) atoms. The molecular formula is C38H38Cl2N8O6. The molecule has 4 aliphatic rings. The number of nitrogens with zero attached hydrogens (tertiary/aromatic N) is 4. The maximum atomic E-state index is 13.4. The van der Waals surface area contributed by atoms with Gasteiger partial charge in [-0.3, -0.25) is 9.59 Å². The van der Waals surface area contributed by atoms with Crippen LogP contribution in [0, 0.1) is 23.7 Å². The van der Waals surface area contributed by atoms with Gasteiger partial charge in [-0.2, -0.15) is 0 Å². The van der Waals surface area contributed by atoms with Crippen LogP contribution >= 0.6 is 23.2 Å². The lowest BCUT2D eigenvalue weighted by molar-refractivity contribution is -0.135. The normalized spacial score (nSPS) is 24.5. The van der Waals surface area contributed by atoms with Gasteiger partial charge in [-0.1, -0.05) is 47.3 Å². The third kappa shape index (κ3) is 6.60. The van der Waals surface area contributed by atoms with Crippen molar-refractivity contribution in [2.24, 2.45) is 11.8 Å². The van der Waals surface area contributed by atoms with Crippen molar-refractivity contribution >= 4 is 58.0 Å². The van der Waals surface area contributed by atoms with Gasteiger partial charge in [-0.05, 0) is 86.3 Å². The van der Waals surface area contributed by atoms with E-state index in [1.807, 2.05) is 41.3 Å². The number of ether oxygens (including phenoxy) is 2. The number of piperidine rings is 2. The molecule has 4 fully saturated rings. The van der Waals surface area contributed by atoms with E-state index in [1.165, 1.54) is 14.2 Å². The van der Waals surface area contributed by atoms with Gasteiger partial charge in [0, 0.05) is 23.2 Å². The number of benzene rings is 2. The Kier molecular flexibility index (Phi) is 9.18. The van der Waals surface area contributed by atoms with Crippen molar-refractivity contribution in [3.63, 3.8) is 0 Å². The van der Waals surface area contributed by atoms with Crippen LogP contribution in [0.5, 0.6) is 0 Å². The third-order valence-electron chi connectivity index (χ3n) is 10.9. The number of imidazole rings is 2. The fraction of sp³-hybridized carbons (Fsp3) is 0.421. The molecule has 8 atom stereocenters. The molecule has 4 amide bonds. The number of hydrogen-bond donors (Lipinski definition) is 4. The number of carbonyl (C=O) groups excluding carboxylic acids is 4. The fourth-order valence-electron chi connectivity index (χ4n) is 8.01. The van der Waals surface area contributed by atoms with Crippen molar-refractivity contribution in [3.05, 3.63) is 69.6 Å². The van der Waals surface area contributed by atoms with Gasteiger partial charge in [-0.25, -0.2) is 19.6 Å².